The Kier molecular flexibility index (Phi) is 2.68. The minimum Gasteiger partial charge on any atom is -0.306 e. The second-order valence-electron chi connectivity index (χ2n) is 3.90. The summed E-state index contributed by atoms with van der Waals surface area (Å²) in [6.45, 7) is 5.22. The Balaban J connectivity index is 2.27. The molecule has 1 saturated heterocycles. The van der Waals surface area contributed by atoms with E-state index in [9.17, 15) is 4.79 Å². The van der Waals surface area contributed by atoms with Crippen LogP contribution in [0.25, 0.3) is 0 Å². The molecule has 0 radical (unpaired) electrons. The first-order valence-corrected chi connectivity index (χ1v) is 5.14. The first-order valence-electron chi connectivity index (χ1n) is 5.14. The van der Waals surface area contributed by atoms with Gasteiger partial charge in [-0.1, -0.05) is 0 Å². The van der Waals surface area contributed by atoms with E-state index in [1.54, 1.807) is 6.20 Å². The lowest BCUT2D eigenvalue weighted by molar-refractivity contribution is -0.119. The van der Waals surface area contributed by atoms with Gasteiger partial charge in [-0.05, 0) is 26.0 Å². The molecule has 0 bridgehead atoms. The van der Waals surface area contributed by atoms with Crippen LogP contribution in [0.2, 0.25) is 0 Å². The number of hydrogen-bond acceptors (Lipinski definition) is 3. The Morgan fingerprint density at radius 1 is 1.53 bits per heavy atom. The van der Waals surface area contributed by atoms with Gasteiger partial charge in [-0.2, -0.15) is 0 Å². The number of nitrogens with zero attached hydrogens (tertiary/aromatic N) is 2. The van der Waals surface area contributed by atoms with Gasteiger partial charge >= 0.3 is 0 Å². The smallest absolute Gasteiger partial charge is 0.241 e. The average Bonchev–Trinajstić information content (AvgIpc) is 2.20. The fraction of sp³-hybridized carbons (Fsp3) is 0.455. The molecule has 1 aromatic heterocycles. The molecule has 1 aliphatic rings. The summed E-state index contributed by atoms with van der Waals surface area (Å²) in [6, 6.07) is 4.06. The third-order valence-electron chi connectivity index (χ3n) is 2.60. The fourth-order valence-corrected chi connectivity index (χ4v) is 1.81. The molecule has 1 N–H and O–H groups in total. The number of nitrogens with one attached hydrogen (secondary N) is 1. The maximum atomic E-state index is 11.7. The summed E-state index contributed by atoms with van der Waals surface area (Å²) in [4.78, 5) is 17.7. The van der Waals surface area contributed by atoms with Gasteiger partial charge in [-0.25, -0.2) is 0 Å². The van der Waals surface area contributed by atoms with E-state index in [1.807, 2.05) is 30.9 Å². The first kappa shape index (κ1) is 10.1. The van der Waals surface area contributed by atoms with Crippen molar-refractivity contribution in [3.05, 3.63) is 24.0 Å². The second-order valence-corrected chi connectivity index (χ2v) is 3.90. The first-order chi connectivity index (χ1) is 7.18. The van der Waals surface area contributed by atoms with E-state index < -0.39 is 0 Å². The Morgan fingerprint density at radius 2 is 2.33 bits per heavy atom. The van der Waals surface area contributed by atoms with E-state index in [1.165, 1.54) is 0 Å². The molecule has 2 rings (SSSR count). The van der Waals surface area contributed by atoms with E-state index >= 15 is 0 Å². The van der Waals surface area contributed by atoms with Crippen molar-refractivity contribution in [2.75, 3.05) is 18.0 Å². The predicted molar refractivity (Wildman–Crippen MR) is 58.8 cm³/mol. The molecule has 1 amide bonds. The van der Waals surface area contributed by atoms with Gasteiger partial charge in [0.2, 0.25) is 5.91 Å². The minimum absolute atomic E-state index is 0.111. The zero-order chi connectivity index (χ0) is 10.8. The van der Waals surface area contributed by atoms with Crippen molar-refractivity contribution >= 4 is 11.6 Å². The van der Waals surface area contributed by atoms with Gasteiger partial charge in [-0.3, -0.25) is 9.78 Å². The van der Waals surface area contributed by atoms with E-state index in [-0.39, 0.29) is 11.9 Å². The molecule has 1 unspecified atom stereocenters. The summed E-state index contributed by atoms with van der Waals surface area (Å²) < 4.78 is 0. The van der Waals surface area contributed by atoms with E-state index in [4.69, 9.17) is 0 Å². The maximum Gasteiger partial charge on any atom is 0.241 e. The Bertz CT molecular complexity index is 361. The largest absolute Gasteiger partial charge is 0.306 e. The average molecular weight is 205 g/mol. The van der Waals surface area contributed by atoms with Gasteiger partial charge in [0.1, 0.15) is 0 Å². The van der Waals surface area contributed by atoms with Crippen LogP contribution in [0.4, 0.5) is 5.69 Å². The molecule has 1 aromatic rings. The van der Waals surface area contributed by atoms with Crippen LogP contribution in [-0.4, -0.2) is 30.0 Å². The third-order valence-corrected chi connectivity index (χ3v) is 2.60. The van der Waals surface area contributed by atoms with Crippen molar-refractivity contribution in [2.45, 2.75) is 19.9 Å². The van der Waals surface area contributed by atoms with Gasteiger partial charge in [0.15, 0.2) is 0 Å². The zero-order valence-electron chi connectivity index (χ0n) is 9.03. The predicted octanol–water partition coefficient (Wildman–Crippen LogP) is 0.715. The van der Waals surface area contributed by atoms with Crippen LogP contribution in [0, 0.1) is 6.92 Å². The molecule has 0 aliphatic carbocycles. The lowest BCUT2D eigenvalue weighted by atomic mass is 10.2. The van der Waals surface area contributed by atoms with Gasteiger partial charge in [0, 0.05) is 18.3 Å². The topological polar surface area (TPSA) is 45.2 Å². The summed E-state index contributed by atoms with van der Waals surface area (Å²) in [7, 11) is 0. The van der Waals surface area contributed by atoms with Crippen molar-refractivity contribution in [1.82, 2.24) is 10.3 Å². The van der Waals surface area contributed by atoms with Crippen molar-refractivity contribution in [3.63, 3.8) is 0 Å². The van der Waals surface area contributed by atoms with Crippen molar-refractivity contribution in [1.29, 1.82) is 0 Å². The minimum atomic E-state index is 0.111. The summed E-state index contributed by atoms with van der Waals surface area (Å²) in [5, 5.41) is 3.08. The maximum absolute atomic E-state index is 11.7. The Labute approximate surface area is 89.3 Å². The van der Waals surface area contributed by atoms with Crippen LogP contribution in [0.15, 0.2) is 18.3 Å². The highest BCUT2D eigenvalue weighted by atomic mass is 16.2. The molecule has 4 nitrogen and oxygen atoms in total. The molecule has 1 aliphatic heterocycles. The zero-order valence-corrected chi connectivity index (χ0v) is 9.03. The molecule has 80 valence electrons. The molecule has 0 saturated carbocycles. The van der Waals surface area contributed by atoms with Crippen LogP contribution < -0.4 is 10.2 Å². The Hall–Kier alpha value is -1.42. The number of aryl methyl sites for hydroxylation is 1. The number of pyridine rings is 1. The number of hydrogen-bond donors (Lipinski definition) is 1. The number of carbonyl (C=O) groups excluding carboxylic acids is 1. The summed E-state index contributed by atoms with van der Waals surface area (Å²) in [6.07, 6.45) is 1.76. The number of rotatable bonds is 1. The van der Waals surface area contributed by atoms with Crippen LogP contribution in [-0.2, 0) is 4.79 Å². The lowest BCUT2D eigenvalue weighted by Crippen LogP contribution is -2.53. The molecule has 0 spiro atoms. The lowest BCUT2D eigenvalue weighted by Gasteiger charge is -2.33. The Morgan fingerprint density at radius 3 is 2.93 bits per heavy atom. The molecular formula is C11H15N3O. The van der Waals surface area contributed by atoms with Crippen LogP contribution >= 0.6 is 0 Å². The standard InChI is InChI=1S/C11H15N3O/c1-8-3-4-10(6-13-8)14-9(2)5-12-7-11(14)15/h3-4,6,9,12H,5,7H2,1-2H3. The van der Waals surface area contributed by atoms with Crippen molar-refractivity contribution in [2.24, 2.45) is 0 Å². The molecule has 2 heterocycles. The van der Waals surface area contributed by atoms with Crippen molar-refractivity contribution < 1.29 is 4.79 Å². The van der Waals surface area contributed by atoms with Gasteiger partial charge in [0.05, 0.1) is 18.4 Å². The van der Waals surface area contributed by atoms with Gasteiger partial charge in [-0.15, -0.1) is 0 Å². The SMILES string of the molecule is Cc1ccc(N2C(=O)CNCC2C)cn1. The number of carbonyl (C=O) groups is 1. The molecule has 4 heteroatoms. The normalized spacial score (nSPS) is 21.9. The van der Waals surface area contributed by atoms with Crippen LogP contribution in [0.1, 0.15) is 12.6 Å². The molecule has 0 aromatic carbocycles. The molecule has 1 fully saturated rings. The van der Waals surface area contributed by atoms with Crippen LogP contribution in [0.3, 0.4) is 0 Å². The number of piperazine rings is 1. The summed E-state index contributed by atoms with van der Waals surface area (Å²) in [5.41, 5.74) is 1.86. The third kappa shape index (κ3) is 1.99. The van der Waals surface area contributed by atoms with E-state index in [0.29, 0.717) is 6.54 Å². The molecular weight excluding hydrogens is 190 g/mol. The highest BCUT2D eigenvalue weighted by Crippen LogP contribution is 2.17. The van der Waals surface area contributed by atoms with Gasteiger partial charge in [0.25, 0.3) is 0 Å². The van der Waals surface area contributed by atoms with E-state index in [0.717, 1.165) is 17.9 Å². The van der Waals surface area contributed by atoms with Gasteiger partial charge < -0.3 is 10.2 Å². The highest BCUT2D eigenvalue weighted by molar-refractivity contribution is 5.96. The second kappa shape index (κ2) is 3.98. The number of amides is 1. The number of aromatic nitrogens is 1. The summed E-state index contributed by atoms with van der Waals surface area (Å²) in [5.74, 6) is 0.111. The highest BCUT2D eigenvalue weighted by Gasteiger charge is 2.25. The van der Waals surface area contributed by atoms with Crippen molar-refractivity contribution in [3.8, 4) is 0 Å². The molecule has 15 heavy (non-hydrogen) atoms. The quantitative estimate of drug-likeness (QED) is 0.734. The van der Waals surface area contributed by atoms with Crippen LogP contribution in [0.5, 0.6) is 0 Å². The monoisotopic (exact) mass is 205 g/mol. The van der Waals surface area contributed by atoms with E-state index in [2.05, 4.69) is 10.3 Å². The summed E-state index contributed by atoms with van der Waals surface area (Å²) >= 11 is 0. The molecule has 1 atom stereocenters. The fourth-order valence-electron chi connectivity index (χ4n) is 1.81. The number of anilines is 1.